The number of hydrogen-bond acceptors (Lipinski definition) is 7. The molecule has 0 fully saturated rings. The van der Waals surface area contributed by atoms with Crippen molar-refractivity contribution in [2.75, 3.05) is 27.1 Å². The summed E-state index contributed by atoms with van der Waals surface area (Å²) >= 11 is 0. The van der Waals surface area contributed by atoms with E-state index in [-0.39, 0.29) is 19.9 Å². The molecule has 8 heteroatoms. The van der Waals surface area contributed by atoms with Crippen LogP contribution in [-0.2, 0) is 36.9 Å². The van der Waals surface area contributed by atoms with Crippen LogP contribution in [0.2, 0.25) is 0 Å². The molecule has 0 aliphatic carbocycles. The van der Waals surface area contributed by atoms with Gasteiger partial charge in [-0.15, -0.1) is 0 Å². The molecule has 0 spiro atoms. The maximum atomic E-state index is 12.4. The van der Waals surface area contributed by atoms with Crippen LogP contribution in [0.5, 0.6) is 0 Å². The minimum atomic E-state index is -0.651. The molecule has 2 aromatic rings. The second-order valence-corrected chi connectivity index (χ2v) is 9.13. The highest BCUT2D eigenvalue weighted by Gasteiger charge is 2.32. The van der Waals surface area contributed by atoms with Crippen LogP contribution in [0.1, 0.15) is 31.9 Å². The van der Waals surface area contributed by atoms with E-state index in [1.807, 2.05) is 60.7 Å². The summed E-state index contributed by atoms with van der Waals surface area (Å²) in [6.07, 6.45) is 0.886. The normalized spacial score (nSPS) is 14.4. The van der Waals surface area contributed by atoms with Gasteiger partial charge >= 0.3 is 6.09 Å². The predicted octanol–water partition coefficient (Wildman–Crippen LogP) is 4.22. The maximum Gasteiger partial charge on any atom is 0.407 e. The maximum absolute atomic E-state index is 12.4. The Morgan fingerprint density at radius 2 is 1.53 bits per heavy atom. The fourth-order valence-electron chi connectivity index (χ4n) is 3.33. The average molecular weight is 502 g/mol. The van der Waals surface area contributed by atoms with Gasteiger partial charge in [0.1, 0.15) is 30.7 Å². The number of aliphatic hydroxyl groups is 1. The van der Waals surface area contributed by atoms with Crippen LogP contribution < -0.4 is 5.32 Å². The summed E-state index contributed by atoms with van der Waals surface area (Å²) in [6, 6.07) is 19.5. The molecule has 8 nitrogen and oxygen atoms in total. The molecule has 36 heavy (non-hydrogen) atoms. The summed E-state index contributed by atoms with van der Waals surface area (Å²) in [6.45, 7) is 5.93. The minimum Gasteiger partial charge on any atom is -0.444 e. The zero-order chi connectivity index (χ0) is 26.2. The summed E-state index contributed by atoms with van der Waals surface area (Å²) in [5.41, 5.74) is 1.32. The summed E-state index contributed by atoms with van der Waals surface area (Å²) < 4.78 is 29.0. The lowest BCUT2D eigenvalue weighted by Crippen LogP contribution is -2.48. The van der Waals surface area contributed by atoms with Crippen molar-refractivity contribution in [1.29, 1.82) is 0 Å². The van der Waals surface area contributed by atoms with Crippen LogP contribution in [0.25, 0.3) is 0 Å². The Hall–Kier alpha value is -2.75. The van der Waals surface area contributed by atoms with Crippen LogP contribution in [0.15, 0.2) is 72.8 Å². The number of benzene rings is 2. The molecule has 0 saturated carbocycles. The third-order valence-electron chi connectivity index (χ3n) is 4.94. The molecule has 0 heterocycles. The number of nitrogens with one attached hydrogen (secondary N) is 1. The number of hydrogen-bond donors (Lipinski definition) is 2. The molecular formula is C28H39NO7. The van der Waals surface area contributed by atoms with Gasteiger partial charge in [0.15, 0.2) is 0 Å². The zero-order valence-electron chi connectivity index (χ0n) is 21.6. The molecule has 0 aromatic heterocycles. The van der Waals surface area contributed by atoms with Gasteiger partial charge < -0.3 is 34.1 Å². The highest BCUT2D eigenvalue weighted by molar-refractivity contribution is 5.67. The van der Waals surface area contributed by atoms with Crippen molar-refractivity contribution in [3.8, 4) is 0 Å². The number of ether oxygens (including phenoxy) is 5. The quantitative estimate of drug-likeness (QED) is 0.279. The summed E-state index contributed by atoms with van der Waals surface area (Å²) in [7, 11) is 1.52. The SMILES string of the molecule is COCO[C@H](CNC(=O)OC(C)(C)C)[C@@H](OCc1ccccc1)[C@@H](/C=C/CO)OCc1ccccc1. The molecular weight excluding hydrogens is 462 g/mol. The van der Waals surface area contributed by atoms with Crippen molar-refractivity contribution in [3.05, 3.63) is 83.9 Å². The van der Waals surface area contributed by atoms with Gasteiger partial charge in [-0.2, -0.15) is 0 Å². The molecule has 0 aliphatic rings. The van der Waals surface area contributed by atoms with Gasteiger partial charge in [-0.05, 0) is 31.9 Å². The van der Waals surface area contributed by atoms with Crippen molar-refractivity contribution < 1.29 is 33.6 Å². The highest BCUT2D eigenvalue weighted by atomic mass is 16.7. The van der Waals surface area contributed by atoms with Gasteiger partial charge in [-0.1, -0.05) is 72.8 Å². The Morgan fingerprint density at radius 3 is 2.06 bits per heavy atom. The Balaban J connectivity index is 2.26. The second-order valence-electron chi connectivity index (χ2n) is 9.13. The van der Waals surface area contributed by atoms with Gasteiger partial charge in [-0.25, -0.2) is 4.79 Å². The Kier molecular flexibility index (Phi) is 13.2. The van der Waals surface area contributed by atoms with E-state index in [0.29, 0.717) is 13.2 Å². The van der Waals surface area contributed by atoms with Crippen LogP contribution >= 0.6 is 0 Å². The van der Waals surface area contributed by atoms with E-state index in [1.54, 1.807) is 32.9 Å². The van der Waals surface area contributed by atoms with Crippen molar-refractivity contribution in [3.63, 3.8) is 0 Å². The van der Waals surface area contributed by atoms with E-state index >= 15 is 0 Å². The molecule has 0 bridgehead atoms. The van der Waals surface area contributed by atoms with Gasteiger partial charge in [0.25, 0.3) is 0 Å². The lowest BCUT2D eigenvalue weighted by Gasteiger charge is -2.32. The molecule has 0 saturated heterocycles. The second kappa shape index (κ2) is 16.1. The first kappa shape index (κ1) is 29.5. The Bertz CT molecular complexity index is 884. The fourth-order valence-corrected chi connectivity index (χ4v) is 3.33. The van der Waals surface area contributed by atoms with Gasteiger partial charge in [0, 0.05) is 13.7 Å². The molecule has 0 aliphatic heterocycles. The number of rotatable bonds is 15. The lowest BCUT2D eigenvalue weighted by atomic mass is 10.1. The Morgan fingerprint density at radius 1 is 0.944 bits per heavy atom. The third-order valence-corrected chi connectivity index (χ3v) is 4.94. The molecule has 2 rings (SSSR count). The highest BCUT2D eigenvalue weighted by Crippen LogP contribution is 2.19. The zero-order valence-corrected chi connectivity index (χ0v) is 21.6. The van der Waals surface area contributed by atoms with Gasteiger partial charge in [0.05, 0.1) is 19.8 Å². The molecule has 0 unspecified atom stereocenters. The van der Waals surface area contributed by atoms with Crippen molar-refractivity contribution in [1.82, 2.24) is 5.32 Å². The lowest BCUT2D eigenvalue weighted by molar-refractivity contribution is -0.162. The molecule has 2 aromatic carbocycles. The predicted molar refractivity (Wildman–Crippen MR) is 137 cm³/mol. The Labute approximate surface area is 214 Å². The number of carbonyl (C=O) groups excluding carboxylic acids is 1. The van der Waals surface area contributed by atoms with Crippen LogP contribution in [0, 0.1) is 0 Å². The standard InChI is InChI=1S/C28H39NO7/c1-28(2,3)36-27(31)29-18-25(35-21-32-4)26(34-20-23-14-9-6-10-15-23)24(16-11-17-30)33-19-22-12-7-5-8-13-22/h5-16,24-26,30H,17-21H2,1-4H3,(H,29,31)/b16-11+/t24-,25-,26+/m1/s1. The van der Waals surface area contributed by atoms with Crippen LogP contribution in [0.4, 0.5) is 4.79 Å². The number of aliphatic hydroxyl groups excluding tert-OH is 1. The first-order valence-electron chi connectivity index (χ1n) is 12.0. The first-order chi connectivity index (χ1) is 17.3. The smallest absolute Gasteiger partial charge is 0.407 e. The first-order valence-corrected chi connectivity index (χ1v) is 12.0. The summed E-state index contributed by atoms with van der Waals surface area (Å²) in [5, 5.41) is 12.2. The molecule has 198 valence electrons. The summed E-state index contributed by atoms with van der Waals surface area (Å²) in [4.78, 5) is 12.4. The largest absolute Gasteiger partial charge is 0.444 e. The average Bonchev–Trinajstić information content (AvgIpc) is 2.86. The van der Waals surface area contributed by atoms with Crippen molar-refractivity contribution in [2.45, 2.75) is 57.9 Å². The van der Waals surface area contributed by atoms with E-state index in [2.05, 4.69) is 5.32 Å². The topological polar surface area (TPSA) is 95.5 Å². The summed E-state index contributed by atoms with van der Waals surface area (Å²) in [5.74, 6) is 0. The molecule has 2 N–H and O–H groups in total. The molecule has 0 radical (unpaired) electrons. The molecule has 1 amide bonds. The van der Waals surface area contributed by atoms with Gasteiger partial charge in [0.2, 0.25) is 0 Å². The number of methoxy groups -OCH3 is 1. The van der Waals surface area contributed by atoms with E-state index < -0.39 is 30.0 Å². The van der Waals surface area contributed by atoms with Gasteiger partial charge in [-0.3, -0.25) is 0 Å². The number of amides is 1. The molecule has 3 atom stereocenters. The number of alkyl carbamates (subject to hydrolysis) is 1. The van der Waals surface area contributed by atoms with Crippen molar-refractivity contribution >= 4 is 6.09 Å². The van der Waals surface area contributed by atoms with Crippen LogP contribution in [-0.4, -0.2) is 62.2 Å². The number of carbonyl (C=O) groups is 1. The fraction of sp³-hybridized carbons (Fsp3) is 0.464. The monoisotopic (exact) mass is 501 g/mol. The van der Waals surface area contributed by atoms with E-state index in [4.69, 9.17) is 23.7 Å². The van der Waals surface area contributed by atoms with Crippen molar-refractivity contribution in [2.24, 2.45) is 0 Å². The van der Waals surface area contributed by atoms with E-state index in [1.165, 1.54) is 7.11 Å². The van der Waals surface area contributed by atoms with E-state index in [9.17, 15) is 9.90 Å². The minimum absolute atomic E-state index is 0.0129. The third kappa shape index (κ3) is 11.8. The van der Waals surface area contributed by atoms with Crippen LogP contribution in [0.3, 0.4) is 0 Å². The van der Waals surface area contributed by atoms with E-state index in [0.717, 1.165) is 11.1 Å².